The summed E-state index contributed by atoms with van der Waals surface area (Å²) in [6.45, 7) is 0.00506. The molecule has 0 saturated carbocycles. The van der Waals surface area contributed by atoms with Crippen molar-refractivity contribution in [1.29, 1.82) is 0 Å². The van der Waals surface area contributed by atoms with Gasteiger partial charge >= 0.3 is 0 Å². The van der Waals surface area contributed by atoms with Gasteiger partial charge in [0.15, 0.2) is 0 Å². The molecule has 3 N–H and O–H groups in total. The second kappa shape index (κ2) is 5.86. The summed E-state index contributed by atoms with van der Waals surface area (Å²) < 4.78 is 1.81. The average molecular weight is 268 g/mol. The fourth-order valence-electron chi connectivity index (χ4n) is 1.53. The summed E-state index contributed by atoms with van der Waals surface area (Å²) in [4.78, 5) is 3.96. The molecule has 96 valence electrons. The number of benzene rings is 1. The molecule has 5 nitrogen and oxygen atoms in total. The van der Waals surface area contributed by atoms with Gasteiger partial charge in [-0.25, -0.2) is 4.98 Å². The Balaban J connectivity index is 2.10. The summed E-state index contributed by atoms with van der Waals surface area (Å²) in [5.41, 5.74) is 1.62. The monoisotopic (exact) mass is 267 g/mol. The van der Waals surface area contributed by atoms with Crippen LogP contribution in [-0.2, 0) is 0 Å². The van der Waals surface area contributed by atoms with Gasteiger partial charge in [0, 0.05) is 24.6 Å². The molecular weight excluding hydrogens is 254 g/mol. The van der Waals surface area contributed by atoms with E-state index in [9.17, 15) is 5.11 Å². The molecule has 0 amide bonds. The average Bonchev–Trinajstić information content (AvgIpc) is 2.89. The van der Waals surface area contributed by atoms with Gasteiger partial charge in [-0.2, -0.15) is 0 Å². The first-order valence-corrected chi connectivity index (χ1v) is 5.89. The van der Waals surface area contributed by atoms with Gasteiger partial charge in [0.25, 0.3) is 0 Å². The van der Waals surface area contributed by atoms with Crippen molar-refractivity contribution in [3.63, 3.8) is 0 Å². The van der Waals surface area contributed by atoms with Gasteiger partial charge in [-0.3, -0.25) is 0 Å². The molecule has 2 rings (SSSR count). The van der Waals surface area contributed by atoms with E-state index < -0.39 is 6.10 Å². The second-order valence-electron chi connectivity index (χ2n) is 3.85. The van der Waals surface area contributed by atoms with Gasteiger partial charge in [-0.15, -0.1) is 0 Å². The molecule has 0 aliphatic rings. The number of hydrogen-bond donors (Lipinski definition) is 3. The lowest BCUT2D eigenvalue weighted by atomic mass is 10.2. The van der Waals surface area contributed by atoms with Crippen molar-refractivity contribution in [3.8, 4) is 5.69 Å². The Labute approximate surface area is 110 Å². The quantitative estimate of drug-likeness (QED) is 0.764. The molecule has 0 spiro atoms. The summed E-state index contributed by atoms with van der Waals surface area (Å²) in [6.07, 6.45) is 4.38. The predicted octanol–water partition coefficient (Wildman–Crippen LogP) is 1.29. The van der Waals surface area contributed by atoms with Crippen LogP contribution in [0.15, 0.2) is 36.9 Å². The molecule has 1 atom stereocenters. The van der Waals surface area contributed by atoms with Crippen molar-refractivity contribution in [3.05, 3.63) is 41.9 Å². The van der Waals surface area contributed by atoms with Crippen LogP contribution in [0, 0.1) is 0 Å². The Kier molecular flexibility index (Phi) is 4.19. The van der Waals surface area contributed by atoms with Crippen LogP contribution >= 0.6 is 11.6 Å². The minimum absolute atomic E-state index is 0.270. The van der Waals surface area contributed by atoms with E-state index >= 15 is 0 Å². The van der Waals surface area contributed by atoms with Gasteiger partial charge in [0.05, 0.1) is 29.7 Å². The van der Waals surface area contributed by atoms with E-state index in [2.05, 4.69) is 10.3 Å². The minimum atomic E-state index is -0.780. The first kappa shape index (κ1) is 12.9. The van der Waals surface area contributed by atoms with Crippen LogP contribution in [0.4, 0.5) is 5.69 Å². The normalized spacial score (nSPS) is 12.4. The fourth-order valence-corrected chi connectivity index (χ4v) is 1.81. The summed E-state index contributed by atoms with van der Waals surface area (Å²) in [6, 6.07) is 5.48. The molecule has 0 bridgehead atoms. The highest BCUT2D eigenvalue weighted by Gasteiger charge is 2.05. The van der Waals surface area contributed by atoms with Crippen LogP contribution in [0.2, 0.25) is 5.02 Å². The maximum Gasteiger partial charge on any atom is 0.0992 e. The highest BCUT2D eigenvalue weighted by Crippen LogP contribution is 2.24. The van der Waals surface area contributed by atoms with Crippen LogP contribution in [0.1, 0.15) is 0 Å². The van der Waals surface area contributed by atoms with Crippen molar-refractivity contribution in [2.24, 2.45) is 0 Å². The van der Waals surface area contributed by atoms with E-state index in [1.165, 1.54) is 0 Å². The Morgan fingerprint density at radius 2 is 2.28 bits per heavy atom. The van der Waals surface area contributed by atoms with E-state index in [1.807, 2.05) is 22.9 Å². The molecule has 0 fully saturated rings. The number of anilines is 1. The van der Waals surface area contributed by atoms with Crippen LogP contribution < -0.4 is 5.32 Å². The third kappa shape index (κ3) is 3.01. The van der Waals surface area contributed by atoms with Crippen molar-refractivity contribution in [2.75, 3.05) is 18.5 Å². The lowest BCUT2D eigenvalue weighted by Gasteiger charge is -2.12. The lowest BCUT2D eigenvalue weighted by Crippen LogP contribution is -2.22. The number of aliphatic hydroxyl groups excluding tert-OH is 2. The van der Waals surface area contributed by atoms with Crippen LogP contribution in [0.5, 0.6) is 0 Å². The maximum absolute atomic E-state index is 9.24. The zero-order valence-corrected chi connectivity index (χ0v) is 10.4. The van der Waals surface area contributed by atoms with Crippen molar-refractivity contribution >= 4 is 17.3 Å². The molecule has 0 radical (unpaired) electrons. The van der Waals surface area contributed by atoms with Crippen molar-refractivity contribution in [1.82, 2.24) is 9.55 Å². The number of halogens is 1. The standard InChI is InChI=1S/C12H14ClN3O2/c13-11-5-9(15-6-10(18)7-17)1-2-12(11)16-4-3-14-8-16/h1-5,8,10,15,17-18H,6-7H2. The zero-order valence-electron chi connectivity index (χ0n) is 9.62. The molecule has 0 saturated heterocycles. The topological polar surface area (TPSA) is 70.3 Å². The van der Waals surface area contributed by atoms with Crippen molar-refractivity contribution in [2.45, 2.75) is 6.10 Å². The largest absolute Gasteiger partial charge is 0.394 e. The van der Waals surface area contributed by atoms with E-state index in [4.69, 9.17) is 16.7 Å². The number of aliphatic hydroxyl groups is 2. The first-order chi connectivity index (χ1) is 8.70. The highest BCUT2D eigenvalue weighted by molar-refractivity contribution is 6.32. The Hall–Kier alpha value is -1.56. The second-order valence-corrected chi connectivity index (χ2v) is 4.26. The molecular formula is C12H14ClN3O2. The van der Waals surface area contributed by atoms with Gasteiger partial charge in [0.1, 0.15) is 0 Å². The van der Waals surface area contributed by atoms with Gasteiger partial charge < -0.3 is 20.1 Å². The number of aromatic nitrogens is 2. The molecule has 0 aliphatic carbocycles. The predicted molar refractivity (Wildman–Crippen MR) is 70.2 cm³/mol. The zero-order chi connectivity index (χ0) is 13.0. The van der Waals surface area contributed by atoms with E-state index in [0.717, 1.165) is 11.4 Å². The van der Waals surface area contributed by atoms with Crippen LogP contribution in [-0.4, -0.2) is 39.0 Å². The third-order valence-electron chi connectivity index (χ3n) is 2.48. The van der Waals surface area contributed by atoms with Crippen LogP contribution in [0.3, 0.4) is 0 Å². The minimum Gasteiger partial charge on any atom is -0.394 e. The maximum atomic E-state index is 9.24. The number of imidazole rings is 1. The molecule has 18 heavy (non-hydrogen) atoms. The number of rotatable bonds is 5. The van der Waals surface area contributed by atoms with E-state index in [0.29, 0.717) is 5.02 Å². The van der Waals surface area contributed by atoms with Gasteiger partial charge in [-0.1, -0.05) is 11.6 Å². The smallest absolute Gasteiger partial charge is 0.0992 e. The molecule has 0 aliphatic heterocycles. The van der Waals surface area contributed by atoms with E-state index in [-0.39, 0.29) is 13.2 Å². The summed E-state index contributed by atoms with van der Waals surface area (Å²) >= 11 is 6.17. The Bertz CT molecular complexity index is 502. The molecule has 6 heteroatoms. The Morgan fingerprint density at radius 3 is 2.89 bits per heavy atom. The third-order valence-corrected chi connectivity index (χ3v) is 2.79. The molecule has 1 unspecified atom stereocenters. The Morgan fingerprint density at radius 1 is 1.44 bits per heavy atom. The van der Waals surface area contributed by atoms with Gasteiger partial charge in [-0.05, 0) is 18.2 Å². The number of nitrogens with zero attached hydrogens (tertiary/aromatic N) is 2. The molecule has 1 aromatic heterocycles. The number of nitrogens with one attached hydrogen (secondary N) is 1. The van der Waals surface area contributed by atoms with Crippen LogP contribution in [0.25, 0.3) is 5.69 Å². The highest BCUT2D eigenvalue weighted by atomic mass is 35.5. The summed E-state index contributed by atoms with van der Waals surface area (Å²) in [5, 5.41) is 21.5. The lowest BCUT2D eigenvalue weighted by molar-refractivity contribution is 0.105. The fraction of sp³-hybridized carbons (Fsp3) is 0.250. The molecule has 1 heterocycles. The molecule has 1 aromatic carbocycles. The van der Waals surface area contributed by atoms with Crippen molar-refractivity contribution < 1.29 is 10.2 Å². The van der Waals surface area contributed by atoms with Gasteiger partial charge in [0.2, 0.25) is 0 Å². The molecule has 2 aromatic rings. The summed E-state index contributed by atoms with van der Waals surface area (Å²) in [5.74, 6) is 0. The first-order valence-electron chi connectivity index (χ1n) is 5.51. The SMILES string of the molecule is OCC(O)CNc1ccc(-n2ccnc2)c(Cl)c1. The summed E-state index contributed by atoms with van der Waals surface area (Å²) in [7, 11) is 0. The number of hydrogen-bond acceptors (Lipinski definition) is 4. The van der Waals surface area contributed by atoms with E-state index in [1.54, 1.807) is 18.6 Å².